The molecule has 0 aliphatic carbocycles. The zero-order valence-electron chi connectivity index (χ0n) is 16.0. The lowest BCUT2D eigenvalue weighted by molar-refractivity contribution is 0.0689. The van der Waals surface area contributed by atoms with Gasteiger partial charge in [0.05, 0.1) is 16.8 Å². The molecule has 0 unspecified atom stereocenters. The van der Waals surface area contributed by atoms with E-state index < -0.39 is 5.97 Å². The smallest absolute Gasteiger partial charge is 0.358 e. The van der Waals surface area contributed by atoms with Gasteiger partial charge in [0, 0.05) is 10.6 Å². The number of nitrogens with zero attached hydrogens (tertiary/aromatic N) is 4. The van der Waals surface area contributed by atoms with E-state index in [0.29, 0.717) is 28.4 Å². The zero-order valence-corrected chi connectivity index (χ0v) is 16.8. The van der Waals surface area contributed by atoms with Gasteiger partial charge in [-0.3, -0.25) is 0 Å². The molecule has 0 bridgehead atoms. The lowest BCUT2D eigenvalue weighted by Crippen LogP contribution is -2.08. The Balaban J connectivity index is 1.89. The maximum Gasteiger partial charge on any atom is 0.358 e. The van der Waals surface area contributed by atoms with E-state index in [0.717, 1.165) is 35.0 Å². The van der Waals surface area contributed by atoms with Gasteiger partial charge in [0.1, 0.15) is 5.52 Å². The molecule has 8 heteroatoms. The van der Waals surface area contributed by atoms with Crippen LogP contribution in [0.3, 0.4) is 0 Å². The van der Waals surface area contributed by atoms with Crippen molar-refractivity contribution < 1.29 is 14.4 Å². The molecule has 0 aliphatic heterocycles. The van der Waals surface area contributed by atoms with Gasteiger partial charge in [-0.1, -0.05) is 35.3 Å². The monoisotopic (exact) mass is 410 g/mol. The van der Waals surface area contributed by atoms with Crippen molar-refractivity contribution >= 4 is 28.5 Å². The number of aromatic carboxylic acids is 1. The predicted molar refractivity (Wildman–Crippen MR) is 110 cm³/mol. The molecule has 0 amide bonds. The average molecular weight is 411 g/mol. The van der Waals surface area contributed by atoms with E-state index in [1.54, 1.807) is 16.8 Å². The Morgan fingerprint density at radius 2 is 2.00 bits per heavy atom. The fourth-order valence-corrected chi connectivity index (χ4v) is 3.48. The summed E-state index contributed by atoms with van der Waals surface area (Å²) in [5.74, 6) is -0.459. The van der Waals surface area contributed by atoms with Crippen LogP contribution in [0.4, 0.5) is 0 Å². The number of carboxylic acid groups (broad SMARTS) is 1. The van der Waals surface area contributed by atoms with Crippen LogP contribution in [0.2, 0.25) is 5.02 Å². The molecule has 4 aromatic rings. The minimum Gasteiger partial charge on any atom is -0.476 e. The highest BCUT2D eigenvalue weighted by Crippen LogP contribution is 2.33. The topological polar surface area (TPSA) is 94.0 Å². The van der Waals surface area contributed by atoms with E-state index in [2.05, 4.69) is 22.4 Å². The summed E-state index contributed by atoms with van der Waals surface area (Å²) >= 11 is 5.99. The molecule has 1 N–H and O–H groups in total. The van der Waals surface area contributed by atoms with E-state index in [1.807, 2.05) is 31.2 Å². The summed E-state index contributed by atoms with van der Waals surface area (Å²) in [6.45, 7) is 3.98. The number of aryl methyl sites for hydroxylation is 1. The highest BCUT2D eigenvalue weighted by Gasteiger charge is 2.22. The Morgan fingerprint density at radius 3 is 2.69 bits per heavy atom. The van der Waals surface area contributed by atoms with Gasteiger partial charge >= 0.3 is 5.97 Å². The van der Waals surface area contributed by atoms with Crippen molar-refractivity contribution in [2.45, 2.75) is 33.1 Å². The Morgan fingerprint density at radius 1 is 1.24 bits per heavy atom. The quantitative estimate of drug-likeness (QED) is 0.476. The Kier molecular flexibility index (Phi) is 5.07. The minimum atomic E-state index is -1.08. The number of carbonyl (C=O) groups is 1. The number of benzene rings is 2. The summed E-state index contributed by atoms with van der Waals surface area (Å²) in [6, 6.07) is 11.1. The lowest BCUT2D eigenvalue weighted by atomic mass is 10.1. The van der Waals surface area contributed by atoms with Crippen LogP contribution in [0.5, 0.6) is 0 Å². The van der Waals surface area contributed by atoms with E-state index in [9.17, 15) is 9.90 Å². The third kappa shape index (κ3) is 3.49. The molecule has 0 fully saturated rings. The van der Waals surface area contributed by atoms with Gasteiger partial charge in [-0.05, 0) is 61.7 Å². The van der Waals surface area contributed by atoms with Gasteiger partial charge in [0.25, 0.3) is 0 Å². The average Bonchev–Trinajstić information content (AvgIpc) is 3.30. The fourth-order valence-electron chi connectivity index (χ4n) is 3.35. The summed E-state index contributed by atoms with van der Waals surface area (Å²) in [4.78, 5) is 11.6. The van der Waals surface area contributed by atoms with Crippen LogP contribution < -0.4 is 0 Å². The fraction of sp³-hybridized carbons (Fsp3) is 0.238. The van der Waals surface area contributed by atoms with Crippen molar-refractivity contribution in [2.75, 3.05) is 0 Å². The number of unbranched alkanes of at least 4 members (excludes halogenated alkanes) is 1. The van der Waals surface area contributed by atoms with Crippen LogP contribution in [0.15, 0.2) is 40.9 Å². The summed E-state index contributed by atoms with van der Waals surface area (Å²) in [5, 5.41) is 23.2. The van der Waals surface area contributed by atoms with Crippen molar-refractivity contribution in [2.24, 2.45) is 0 Å². The van der Waals surface area contributed by atoms with Gasteiger partial charge in [0.2, 0.25) is 0 Å². The first-order valence-electron chi connectivity index (χ1n) is 9.33. The minimum absolute atomic E-state index is 0.0128. The lowest BCUT2D eigenvalue weighted by Gasteiger charge is -2.10. The molecule has 2 heterocycles. The normalized spacial score (nSPS) is 11.3. The number of hydrogen-bond donors (Lipinski definition) is 1. The maximum atomic E-state index is 11.6. The van der Waals surface area contributed by atoms with Crippen molar-refractivity contribution in [3.8, 4) is 17.0 Å². The highest BCUT2D eigenvalue weighted by molar-refractivity contribution is 6.30. The van der Waals surface area contributed by atoms with E-state index in [-0.39, 0.29) is 5.69 Å². The number of fused-ring (bicyclic) bond motifs is 1. The van der Waals surface area contributed by atoms with Gasteiger partial charge in [-0.25, -0.2) is 9.48 Å². The van der Waals surface area contributed by atoms with Crippen LogP contribution >= 0.6 is 11.6 Å². The Hall–Kier alpha value is -3.19. The number of halogens is 1. The van der Waals surface area contributed by atoms with Crippen LogP contribution in [0.25, 0.3) is 27.9 Å². The van der Waals surface area contributed by atoms with E-state index in [4.69, 9.17) is 16.1 Å². The SMILES string of the molecule is CCCCc1c(C(=O)O)nnn1-c1cc2c(-c3ccc(Cl)cc3)onc2cc1C. The summed E-state index contributed by atoms with van der Waals surface area (Å²) in [7, 11) is 0. The third-order valence-electron chi connectivity index (χ3n) is 4.86. The molecule has 0 spiro atoms. The van der Waals surface area contributed by atoms with E-state index >= 15 is 0 Å². The summed E-state index contributed by atoms with van der Waals surface area (Å²) in [5.41, 5.74) is 3.79. The number of carboxylic acids is 1. The molecular formula is C21H19ClN4O3. The molecule has 2 aromatic carbocycles. The van der Waals surface area contributed by atoms with Crippen molar-refractivity contribution in [1.29, 1.82) is 0 Å². The Bertz CT molecular complexity index is 1190. The molecule has 0 aliphatic rings. The first kappa shape index (κ1) is 19.1. The predicted octanol–water partition coefficient (Wildman–Crippen LogP) is 5.08. The zero-order chi connectivity index (χ0) is 20.5. The number of aromatic nitrogens is 4. The summed E-state index contributed by atoms with van der Waals surface area (Å²) < 4.78 is 7.21. The molecular weight excluding hydrogens is 392 g/mol. The van der Waals surface area contributed by atoms with Gasteiger partial charge in [0.15, 0.2) is 11.5 Å². The molecule has 4 rings (SSSR count). The van der Waals surface area contributed by atoms with Crippen LogP contribution in [0, 0.1) is 6.92 Å². The van der Waals surface area contributed by atoms with E-state index in [1.165, 1.54) is 0 Å². The largest absolute Gasteiger partial charge is 0.476 e. The number of rotatable bonds is 6. The molecule has 0 saturated carbocycles. The summed E-state index contributed by atoms with van der Waals surface area (Å²) in [6.07, 6.45) is 2.36. The van der Waals surface area contributed by atoms with Gasteiger partial charge in [-0.15, -0.1) is 5.10 Å². The van der Waals surface area contributed by atoms with Crippen LogP contribution in [-0.4, -0.2) is 31.2 Å². The van der Waals surface area contributed by atoms with Gasteiger partial charge < -0.3 is 9.63 Å². The molecule has 29 heavy (non-hydrogen) atoms. The number of hydrogen-bond acceptors (Lipinski definition) is 5. The second-order valence-corrected chi connectivity index (χ2v) is 7.32. The standard InChI is InChI=1S/C21H19ClN4O3/c1-3-4-5-17-19(21(27)28)23-25-26(17)18-11-15-16(10-12(18)2)24-29-20(15)13-6-8-14(22)9-7-13/h6-11H,3-5H2,1-2H3,(H,27,28). The second-order valence-electron chi connectivity index (χ2n) is 6.88. The Labute approximate surface area is 171 Å². The van der Waals surface area contributed by atoms with Crippen molar-refractivity contribution in [3.63, 3.8) is 0 Å². The van der Waals surface area contributed by atoms with Crippen LogP contribution in [-0.2, 0) is 6.42 Å². The molecule has 148 valence electrons. The molecule has 0 atom stereocenters. The maximum absolute atomic E-state index is 11.6. The van der Waals surface area contributed by atoms with Gasteiger partial charge in [-0.2, -0.15) is 0 Å². The third-order valence-corrected chi connectivity index (χ3v) is 5.11. The molecule has 0 radical (unpaired) electrons. The first-order chi connectivity index (χ1) is 14.0. The molecule has 2 aromatic heterocycles. The van der Waals surface area contributed by atoms with Crippen molar-refractivity contribution in [1.82, 2.24) is 20.2 Å². The molecule has 0 saturated heterocycles. The highest BCUT2D eigenvalue weighted by atomic mass is 35.5. The second kappa shape index (κ2) is 7.67. The molecule has 7 nitrogen and oxygen atoms in total. The van der Waals surface area contributed by atoms with Crippen LogP contribution in [0.1, 0.15) is 41.5 Å². The van der Waals surface area contributed by atoms with Crippen molar-refractivity contribution in [3.05, 3.63) is 58.4 Å². The first-order valence-corrected chi connectivity index (χ1v) is 9.71.